The van der Waals surface area contributed by atoms with Gasteiger partial charge < -0.3 is 19.9 Å². The molecule has 0 spiro atoms. The molecule has 2 rings (SSSR count). The largest absolute Gasteiger partial charge is 0.481 e. The Morgan fingerprint density at radius 2 is 1.80 bits per heavy atom. The molecule has 2 aromatic rings. The zero-order valence-electron chi connectivity index (χ0n) is 11.0. The molecule has 0 saturated carbocycles. The quantitative estimate of drug-likeness (QED) is 0.861. The number of nitrogens with zero attached hydrogens (tertiary/aromatic N) is 2. The van der Waals surface area contributed by atoms with Gasteiger partial charge in [-0.15, -0.1) is 0 Å². The summed E-state index contributed by atoms with van der Waals surface area (Å²) >= 11 is 0. The summed E-state index contributed by atoms with van der Waals surface area (Å²) < 4.78 is 10.1. The average molecular weight is 275 g/mol. The lowest BCUT2D eigenvalue weighted by Gasteiger charge is -2.08. The number of methoxy groups -OCH3 is 2. The highest BCUT2D eigenvalue weighted by atomic mass is 16.5. The van der Waals surface area contributed by atoms with E-state index in [1.165, 1.54) is 26.4 Å². The zero-order valence-corrected chi connectivity index (χ0v) is 11.0. The molecule has 0 aliphatic rings. The number of carboxylic acids is 1. The maximum atomic E-state index is 10.9. The molecular formula is C13H13N3O4. The van der Waals surface area contributed by atoms with E-state index in [2.05, 4.69) is 15.3 Å². The average Bonchev–Trinajstić information content (AvgIpc) is 2.47. The second-order valence-electron chi connectivity index (χ2n) is 3.79. The number of ether oxygens (including phenoxy) is 2. The Morgan fingerprint density at radius 3 is 2.35 bits per heavy atom. The van der Waals surface area contributed by atoms with E-state index in [1.807, 2.05) is 0 Å². The summed E-state index contributed by atoms with van der Waals surface area (Å²) in [7, 11) is 2.97. The summed E-state index contributed by atoms with van der Waals surface area (Å²) in [4.78, 5) is 19.1. The predicted octanol–water partition coefficient (Wildman–Crippen LogP) is 1.94. The molecule has 0 bridgehead atoms. The highest BCUT2D eigenvalue weighted by molar-refractivity contribution is 5.88. The molecular weight excluding hydrogens is 262 g/mol. The summed E-state index contributed by atoms with van der Waals surface area (Å²) in [6.45, 7) is 0. The van der Waals surface area contributed by atoms with Crippen LogP contribution in [-0.4, -0.2) is 35.3 Å². The molecule has 1 aromatic carbocycles. The molecule has 7 nitrogen and oxygen atoms in total. The minimum Gasteiger partial charge on any atom is -0.481 e. The van der Waals surface area contributed by atoms with Gasteiger partial charge in [-0.05, 0) is 18.2 Å². The molecule has 1 heterocycles. The van der Waals surface area contributed by atoms with Crippen molar-refractivity contribution < 1.29 is 19.4 Å². The molecule has 20 heavy (non-hydrogen) atoms. The molecule has 0 unspecified atom stereocenters. The van der Waals surface area contributed by atoms with E-state index in [0.717, 1.165) is 0 Å². The van der Waals surface area contributed by atoms with Gasteiger partial charge in [0.25, 0.3) is 0 Å². The lowest BCUT2D eigenvalue weighted by atomic mass is 10.2. The van der Waals surface area contributed by atoms with Crippen molar-refractivity contribution in [1.29, 1.82) is 0 Å². The van der Waals surface area contributed by atoms with Crippen LogP contribution in [0, 0.1) is 0 Å². The van der Waals surface area contributed by atoms with Crippen LogP contribution in [0.5, 0.6) is 11.8 Å². The topological polar surface area (TPSA) is 93.6 Å². The normalized spacial score (nSPS) is 9.90. The third-order valence-corrected chi connectivity index (χ3v) is 2.46. The molecule has 7 heteroatoms. The Bertz CT molecular complexity index is 609. The zero-order chi connectivity index (χ0) is 14.5. The minimum atomic E-state index is -1.00. The third-order valence-electron chi connectivity index (χ3n) is 2.46. The first-order valence-corrected chi connectivity index (χ1v) is 5.70. The van der Waals surface area contributed by atoms with Crippen LogP contribution in [-0.2, 0) is 0 Å². The number of aromatic nitrogens is 2. The molecule has 0 saturated heterocycles. The second-order valence-corrected chi connectivity index (χ2v) is 3.79. The number of rotatable bonds is 5. The van der Waals surface area contributed by atoms with Crippen LogP contribution in [0.4, 0.5) is 11.6 Å². The maximum absolute atomic E-state index is 10.9. The van der Waals surface area contributed by atoms with Gasteiger partial charge in [0.05, 0.1) is 25.8 Å². The summed E-state index contributed by atoms with van der Waals surface area (Å²) in [5.74, 6) is -0.0657. The van der Waals surface area contributed by atoms with Gasteiger partial charge in [-0.2, -0.15) is 9.97 Å². The Hall–Kier alpha value is -2.83. The number of benzene rings is 1. The third kappa shape index (κ3) is 3.14. The van der Waals surface area contributed by atoms with Crippen molar-refractivity contribution in [3.8, 4) is 11.8 Å². The van der Waals surface area contributed by atoms with E-state index in [9.17, 15) is 4.79 Å². The van der Waals surface area contributed by atoms with Crippen molar-refractivity contribution in [2.75, 3.05) is 19.5 Å². The van der Waals surface area contributed by atoms with Crippen molar-refractivity contribution >= 4 is 17.6 Å². The van der Waals surface area contributed by atoms with Gasteiger partial charge in [0, 0.05) is 5.69 Å². The van der Waals surface area contributed by atoms with Crippen LogP contribution in [0.1, 0.15) is 10.4 Å². The Morgan fingerprint density at radius 1 is 1.15 bits per heavy atom. The number of hydrogen-bond acceptors (Lipinski definition) is 6. The van der Waals surface area contributed by atoms with Crippen molar-refractivity contribution in [2.45, 2.75) is 0 Å². The second kappa shape index (κ2) is 5.87. The monoisotopic (exact) mass is 275 g/mol. The molecule has 0 radical (unpaired) electrons. The molecule has 2 N–H and O–H groups in total. The van der Waals surface area contributed by atoms with Crippen molar-refractivity contribution in [3.63, 3.8) is 0 Å². The predicted molar refractivity (Wildman–Crippen MR) is 71.8 cm³/mol. The van der Waals surface area contributed by atoms with Gasteiger partial charge in [-0.3, -0.25) is 0 Å². The SMILES string of the molecule is COc1cc(OC)nc(Nc2cccc(C(=O)O)c2)n1. The number of anilines is 2. The fraction of sp³-hybridized carbons (Fsp3) is 0.154. The molecule has 0 atom stereocenters. The first kappa shape index (κ1) is 13.6. The summed E-state index contributed by atoms with van der Waals surface area (Å²) in [5.41, 5.74) is 0.727. The van der Waals surface area contributed by atoms with E-state index in [-0.39, 0.29) is 11.5 Å². The Kier molecular flexibility index (Phi) is 3.99. The number of carboxylic acid groups (broad SMARTS) is 1. The fourth-order valence-corrected chi connectivity index (χ4v) is 1.53. The summed E-state index contributed by atoms with van der Waals surface area (Å²) in [6.07, 6.45) is 0. The highest BCUT2D eigenvalue weighted by Gasteiger charge is 2.07. The van der Waals surface area contributed by atoms with Crippen molar-refractivity contribution in [1.82, 2.24) is 9.97 Å². The lowest BCUT2D eigenvalue weighted by molar-refractivity contribution is 0.0697. The lowest BCUT2D eigenvalue weighted by Crippen LogP contribution is -2.02. The molecule has 0 aliphatic heterocycles. The van der Waals surface area contributed by atoms with Crippen LogP contribution >= 0.6 is 0 Å². The van der Waals surface area contributed by atoms with Gasteiger partial charge in [-0.25, -0.2) is 4.79 Å². The summed E-state index contributed by atoms with van der Waals surface area (Å²) in [6, 6.07) is 7.86. The molecule has 0 fully saturated rings. The fourth-order valence-electron chi connectivity index (χ4n) is 1.53. The van der Waals surface area contributed by atoms with Crippen LogP contribution in [0.2, 0.25) is 0 Å². The number of hydrogen-bond donors (Lipinski definition) is 2. The smallest absolute Gasteiger partial charge is 0.335 e. The first-order valence-electron chi connectivity index (χ1n) is 5.70. The van der Waals surface area contributed by atoms with Gasteiger partial charge >= 0.3 is 5.97 Å². The van der Waals surface area contributed by atoms with Crippen LogP contribution in [0.15, 0.2) is 30.3 Å². The molecule has 0 amide bonds. The highest BCUT2D eigenvalue weighted by Crippen LogP contribution is 2.21. The van der Waals surface area contributed by atoms with Gasteiger partial charge in [0.15, 0.2) is 0 Å². The standard InChI is InChI=1S/C13H13N3O4/c1-19-10-7-11(20-2)16-13(15-10)14-9-5-3-4-8(6-9)12(17)18/h3-7H,1-2H3,(H,17,18)(H,14,15,16). The number of carbonyl (C=O) groups is 1. The van der Waals surface area contributed by atoms with Crippen LogP contribution in [0.25, 0.3) is 0 Å². The van der Waals surface area contributed by atoms with E-state index in [0.29, 0.717) is 17.4 Å². The molecule has 104 valence electrons. The Balaban J connectivity index is 2.29. The van der Waals surface area contributed by atoms with E-state index >= 15 is 0 Å². The first-order chi connectivity index (χ1) is 9.62. The molecule has 1 aromatic heterocycles. The summed E-state index contributed by atoms with van der Waals surface area (Å²) in [5, 5.41) is 11.8. The maximum Gasteiger partial charge on any atom is 0.335 e. The number of nitrogens with one attached hydrogen (secondary N) is 1. The van der Waals surface area contributed by atoms with Crippen LogP contribution in [0.3, 0.4) is 0 Å². The van der Waals surface area contributed by atoms with E-state index in [4.69, 9.17) is 14.6 Å². The number of aromatic carboxylic acids is 1. The van der Waals surface area contributed by atoms with E-state index in [1.54, 1.807) is 18.2 Å². The van der Waals surface area contributed by atoms with Crippen molar-refractivity contribution in [3.05, 3.63) is 35.9 Å². The van der Waals surface area contributed by atoms with E-state index < -0.39 is 5.97 Å². The van der Waals surface area contributed by atoms with Gasteiger partial charge in [0.2, 0.25) is 17.7 Å². The Labute approximate surface area is 115 Å². The van der Waals surface area contributed by atoms with Crippen LogP contribution < -0.4 is 14.8 Å². The van der Waals surface area contributed by atoms with Crippen molar-refractivity contribution in [2.24, 2.45) is 0 Å². The minimum absolute atomic E-state index is 0.171. The van der Waals surface area contributed by atoms with Gasteiger partial charge in [-0.1, -0.05) is 6.07 Å². The molecule has 0 aliphatic carbocycles. The van der Waals surface area contributed by atoms with Gasteiger partial charge in [0.1, 0.15) is 0 Å².